The molecule has 1 aromatic heterocycles. The number of thioether (sulfide) groups is 1. The van der Waals surface area contributed by atoms with Gasteiger partial charge in [0.15, 0.2) is 10.9 Å². The Labute approximate surface area is 113 Å². The molecule has 0 unspecified atom stereocenters. The molecule has 0 saturated carbocycles. The second-order valence-corrected chi connectivity index (χ2v) is 4.68. The first kappa shape index (κ1) is 13.3. The van der Waals surface area contributed by atoms with E-state index in [4.69, 9.17) is 5.11 Å². The molecule has 0 fully saturated rings. The number of pyridine rings is 1. The zero-order valence-corrected chi connectivity index (χ0v) is 10.8. The lowest BCUT2D eigenvalue weighted by molar-refractivity contribution is 0.0685. The Morgan fingerprint density at radius 2 is 2.26 bits per heavy atom. The van der Waals surface area contributed by atoms with E-state index in [-0.39, 0.29) is 11.3 Å². The summed E-state index contributed by atoms with van der Waals surface area (Å²) in [6.07, 6.45) is 3.78. The van der Waals surface area contributed by atoms with Crippen molar-refractivity contribution in [3.05, 3.63) is 40.7 Å². The van der Waals surface area contributed by atoms with Crippen molar-refractivity contribution < 1.29 is 14.7 Å². The van der Waals surface area contributed by atoms with Crippen molar-refractivity contribution >= 4 is 28.8 Å². The first-order chi connectivity index (χ1) is 9.11. The maximum atomic E-state index is 11.9. The van der Waals surface area contributed by atoms with Gasteiger partial charge in [0.2, 0.25) is 0 Å². The minimum absolute atomic E-state index is 0.0387. The average molecular weight is 276 g/mol. The molecule has 1 aromatic rings. The first-order valence-electron chi connectivity index (χ1n) is 5.51. The molecule has 2 rings (SSSR count). The minimum Gasteiger partial charge on any atom is -0.476 e. The van der Waals surface area contributed by atoms with Crippen LogP contribution in [0.1, 0.15) is 34.2 Å². The van der Waals surface area contributed by atoms with Gasteiger partial charge in [-0.05, 0) is 18.6 Å². The maximum absolute atomic E-state index is 11.9. The van der Waals surface area contributed by atoms with E-state index < -0.39 is 11.9 Å². The highest BCUT2D eigenvalue weighted by Gasteiger charge is 2.19. The summed E-state index contributed by atoms with van der Waals surface area (Å²) in [6, 6.07) is 2.88. The largest absolute Gasteiger partial charge is 0.476 e. The van der Waals surface area contributed by atoms with Crippen LogP contribution in [0.3, 0.4) is 0 Å². The zero-order chi connectivity index (χ0) is 13.8. The number of rotatable bonds is 3. The minimum atomic E-state index is -1.26. The number of hydrogen-bond donors (Lipinski definition) is 1. The fourth-order valence-electron chi connectivity index (χ4n) is 1.41. The Kier molecular flexibility index (Phi) is 3.96. The van der Waals surface area contributed by atoms with Crippen molar-refractivity contribution in [1.29, 1.82) is 0 Å². The molecule has 2 heterocycles. The van der Waals surface area contributed by atoms with Crippen molar-refractivity contribution in [1.82, 2.24) is 10.3 Å². The quantitative estimate of drug-likeness (QED) is 0.909. The molecule has 1 aliphatic heterocycles. The number of nitrogens with zero attached hydrogens (tertiary/aromatic N) is 3. The van der Waals surface area contributed by atoms with E-state index in [1.54, 1.807) is 6.20 Å². The van der Waals surface area contributed by atoms with Gasteiger partial charge in [0.1, 0.15) is 0 Å². The monoisotopic (exact) mass is 276 g/mol. The van der Waals surface area contributed by atoms with Crippen LogP contribution in [0, 0.1) is 0 Å². The lowest BCUT2D eigenvalue weighted by Crippen LogP contribution is -2.11. The second-order valence-electron chi connectivity index (χ2n) is 3.58. The zero-order valence-electron chi connectivity index (χ0n) is 10.0. The van der Waals surface area contributed by atoms with Gasteiger partial charge >= 0.3 is 5.97 Å². The van der Waals surface area contributed by atoms with Crippen LogP contribution in [-0.4, -0.2) is 27.1 Å². The highest BCUT2D eigenvalue weighted by atomic mass is 32.2. The third-order valence-corrected chi connectivity index (χ3v) is 3.36. The van der Waals surface area contributed by atoms with Crippen LogP contribution in [0.5, 0.6) is 0 Å². The Morgan fingerprint density at radius 1 is 1.47 bits per heavy atom. The summed E-state index contributed by atoms with van der Waals surface area (Å²) in [5, 5.41) is 13.3. The topological polar surface area (TPSA) is 93.7 Å². The Balaban J connectivity index is 2.22. The van der Waals surface area contributed by atoms with Gasteiger partial charge in [0, 0.05) is 17.3 Å². The molecular formula is C12H10N3O3S. The molecular weight excluding hydrogens is 266 g/mol. The standard InChI is InChI=1S/C12H10N3O3S/c1-2-7-6-14-12(19-7)15-10(16)8-4-3-5-13-9(8)11(17)18/h3-6H,2H2,1H3,(H,17,18). The number of allylic oxidation sites excluding steroid dienone is 1. The molecule has 0 aromatic carbocycles. The van der Waals surface area contributed by atoms with E-state index in [1.807, 2.05) is 6.92 Å². The summed E-state index contributed by atoms with van der Waals surface area (Å²) in [4.78, 5) is 31.4. The van der Waals surface area contributed by atoms with Gasteiger partial charge in [-0.1, -0.05) is 18.7 Å². The van der Waals surface area contributed by atoms with E-state index in [0.717, 1.165) is 11.3 Å². The molecule has 19 heavy (non-hydrogen) atoms. The molecule has 0 saturated heterocycles. The Morgan fingerprint density at radius 3 is 2.89 bits per heavy atom. The van der Waals surface area contributed by atoms with Gasteiger partial charge in [-0.3, -0.25) is 4.79 Å². The summed E-state index contributed by atoms with van der Waals surface area (Å²) in [5.74, 6) is -1.91. The Hall–Kier alpha value is -2.15. The van der Waals surface area contributed by atoms with Crippen LogP contribution < -0.4 is 5.32 Å². The van der Waals surface area contributed by atoms with Crippen LogP contribution >= 0.6 is 11.8 Å². The van der Waals surface area contributed by atoms with Gasteiger partial charge in [0.25, 0.3) is 5.91 Å². The van der Waals surface area contributed by atoms with Gasteiger partial charge in [-0.2, -0.15) is 4.99 Å². The smallest absolute Gasteiger partial charge is 0.355 e. The molecule has 0 aliphatic carbocycles. The number of carboxylic acid groups (broad SMARTS) is 1. The SMILES string of the molecule is CCC1=C[N]C(=NC(=O)c2cccnc2C(=O)O)S1. The molecule has 1 amide bonds. The number of carbonyl (C=O) groups excluding carboxylic acids is 1. The second kappa shape index (κ2) is 5.66. The summed E-state index contributed by atoms with van der Waals surface area (Å²) in [7, 11) is 0. The third-order valence-electron chi connectivity index (χ3n) is 2.33. The molecule has 1 N–H and O–H groups in total. The number of aromatic nitrogens is 1. The number of aliphatic imine (C=N–C) groups is 1. The molecule has 6 nitrogen and oxygen atoms in total. The van der Waals surface area contributed by atoms with Gasteiger partial charge in [0.05, 0.1) is 5.56 Å². The van der Waals surface area contributed by atoms with E-state index >= 15 is 0 Å². The number of aromatic carboxylic acids is 1. The van der Waals surface area contributed by atoms with Crippen molar-refractivity contribution in [3.8, 4) is 0 Å². The summed E-state index contributed by atoms with van der Waals surface area (Å²) in [5.41, 5.74) is -0.341. The van der Waals surface area contributed by atoms with Gasteiger partial charge in [-0.15, -0.1) is 0 Å². The molecule has 1 aliphatic rings. The van der Waals surface area contributed by atoms with E-state index in [1.165, 1.54) is 30.1 Å². The summed E-state index contributed by atoms with van der Waals surface area (Å²) in [6.45, 7) is 1.97. The lowest BCUT2D eigenvalue weighted by atomic mass is 10.2. The average Bonchev–Trinajstić information content (AvgIpc) is 2.86. The number of carboxylic acids is 1. The summed E-state index contributed by atoms with van der Waals surface area (Å²) < 4.78 is 0. The van der Waals surface area contributed by atoms with E-state index in [2.05, 4.69) is 15.3 Å². The number of hydrogen-bond acceptors (Lipinski definition) is 4. The van der Waals surface area contributed by atoms with Crippen molar-refractivity contribution in [2.75, 3.05) is 0 Å². The lowest BCUT2D eigenvalue weighted by Gasteiger charge is -2.00. The fourth-order valence-corrected chi connectivity index (χ4v) is 2.13. The van der Waals surface area contributed by atoms with E-state index in [0.29, 0.717) is 5.17 Å². The van der Waals surface area contributed by atoms with E-state index in [9.17, 15) is 9.59 Å². The maximum Gasteiger partial charge on any atom is 0.355 e. The van der Waals surface area contributed by atoms with Crippen LogP contribution in [-0.2, 0) is 0 Å². The van der Waals surface area contributed by atoms with Gasteiger partial charge in [-0.25, -0.2) is 15.1 Å². The highest BCUT2D eigenvalue weighted by molar-refractivity contribution is 8.17. The Bertz CT molecular complexity index is 596. The van der Waals surface area contributed by atoms with Crippen LogP contribution in [0.2, 0.25) is 0 Å². The molecule has 97 valence electrons. The number of amidine groups is 1. The van der Waals surface area contributed by atoms with Crippen molar-refractivity contribution in [2.45, 2.75) is 13.3 Å². The van der Waals surface area contributed by atoms with Crippen LogP contribution in [0.15, 0.2) is 34.4 Å². The highest BCUT2D eigenvalue weighted by Crippen LogP contribution is 2.25. The summed E-state index contributed by atoms with van der Waals surface area (Å²) >= 11 is 1.30. The van der Waals surface area contributed by atoms with Gasteiger partial charge < -0.3 is 5.11 Å². The first-order valence-corrected chi connectivity index (χ1v) is 6.32. The van der Waals surface area contributed by atoms with Crippen molar-refractivity contribution in [2.24, 2.45) is 4.99 Å². The van der Waals surface area contributed by atoms with Crippen LogP contribution in [0.4, 0.5) is 0 Å². The fraction of sp³-hybridized carbons (Fsp3) is 0.167. The normalized spacial score (nSPS) is 16.1. The van der Waals surface area contributed by atoms with Crippen LogP contribution in [0.25, 0.3) is 0 Å². The number of amides is 1. The molecule has 0 atom stereocenters. The molecule has 0 spiro atoms. The number of carbonyl (C=O) groups is 2. The molecule has 0 bridgehead atoms. The molecule has 7 heteroatoms. The van der Waals surface area contributed by atoms with Crippen molar-refractivity contribution in [3.63, 3.8) is 0 Å². The predicted molar refractivity (Wildman–Crippen MR) is 71.1 cm³/mol. The molecule has 1 radical (unpaired) electrons. The predicted octanol–water partition coefficient (Wildman–Crippen LogP) is 1.88. The third kappa shape index (κ3) is 3.00.